The van der Waals surface area contributed by atoms with Gasteiger partial charge in [0, 0.05) is 19.4 Å². The van der Waals surface area contributed by atoms with Gasteiger partial charge in [-0.3, -0.25) is 33.6 Å². The monoisotopic (exact) mass is 846 g/mol. The number of carboxylic acid groups (broad SMARTS) is 1. The van der Waals surface area contributed by atoms with E-state index in [1.165, 1.54) is 4.90 Å². The van der Waals surface area contributed by atoms with E-state index >= 15 is 0 Å². The molecule has 0 unspecified atom stereocenters. The van der Waals surface area contributed by atoms with Crippen molar-refractivity contribution in [2.75, 3.05) is 26.2 Å². The molecule has 0 spiro atoms. The van der Waals surface area contributed by atoms with Crippen LogP contribution in [-0.4, -0.2) is 131 Å². The Morgan fingerprint density at radius 1 is 0.733 bits per heavy atom. The Kier molecular flexibility index (Phi) is 22.8. The highest BCUT2D eigenvalue weighted by atomic mass is 16.4. The highest BCUT2D eigenvalue weighted by molar-refractivity contribution is 5.97. The van der Waals surface area contributed by atoms with Crippen LogP contribution in [0.15, 0.2) is 30.3 Å². The Balaban J connectivity index is 2.37. The van der Waals surface area contributed by atoms with Crippen molar-refractivity contribution in [3.05, 3.63) is 35.9 Å². The van der Waals surface area contributed by atoms with Crippen molar-refractivity contribution in [2.45, 2.75) is 133 Å². The highest BCUT2D eigenvalue weighted by Crippen LogP contribution is 2.21. The van der Waals surface area contributed by atoms with Gasteiger partial charge in [-0.05, 0) is 88.8 Å². The number of nitrogens with zero attached hydrogens (tertiary/aromatic N) is 1. The maximum absolute atomic E-state index is 14.3. The molecule has 20 nitrogen and oxygen atoms in total. The topological polar surface area (TPSA) is 344 Å². The van der Waals surface area contributed by atoms with Gasteiger partial charge < -0.3 is 64.6 Å². The van der Waals surface area contributed by atoms with Gasteiger partial charge in [-0.25, -0.2) is 4.79 Å². The smallest absolute Gasteiger partial charge is 0.326 e. The van der Waals surface area contributed by atoms with Crippen LogP contribution in [0, 0.1) is 5.92 Å². The first kappa shape index (κ1) is 51.0. The number of carbonyl (C=O) groups excluding carboxylic acids is 7. The largest absolute Gasteiger partial charge is 0.480 e. The van der Waals surface area contributed by atoms with E-state index in [0.717, 1.165) is 0 Å². The Bertz CT molecular complexity index is 1580. The third kappa shape index (κ3) is 17.6. The minimum Gasteiger partial charge on any atom is -0.480 e. The highest BCUT2D eigenvalue weighted by Gasteiger charge is 2.40. The fraction of sp³-hybridized carbons (Fsp3) is 0.650. The standard InChI is InChI=1S/C40H66N10O10/c1-24(2)21-26(43)34(53)49-31(23-51)37(56)46-28(16-17-33(44)52)36(55)45-27(13-6-8-18-41)35(54)48-30(22-25-11-4-3-5-12-25)39(58)50-20-10-15-32(50)38(57)47-29(40(59)60)14-7-9-19-42/h3-5,11-12,24,26-32,51H,6-10,13-23,41-43H2,1-2H3,(H2,44,52)(H,45,55)(H,46,56)(H,47,57)(H,48,54)(H,49,53)(H,59,60)/t26-,27-,28-,29-,30-,31-,32-/m0/s1. The van der Waals surface area contributed by atoms with Gasteiger partial charge in [0.1, 0.15) is 36.3 Å². The molecule has 20 heteroatoms. The predicted octanol–water partition coefficient (Wildman–Crippen LogP) is -2.38. The van der Waals surface area contributed by atoms with Gasteiger partial charge in [-0.2, -0.15) is 0 Å². The normalized spacial score (nSPS) is 16.7. The van der Waals surface area contributed by atoms with Crippen LogP contribution in [0.1, 0.15) is 90.0 Å². The third-order valence-electron chi connectivity index (χ3n) is 10.1. The van der Waals surface area contributed by atoms with E-state index in [1.807, 2.05) is 13.8 Å². The van der Waals surface area contributed by atoms with Crippen LogP contribution in [0.5, 0.6) is 0 Å². The van der Waals surface area contributed by atoms with Gasteiger partial charge in [0.25, 0.3) is 0 Å². The number of nitrogens with one attached hydrogen (secondary N) is 5. The minimum atomic E-state index is -1.50. The molecule has 0 aromatic heterocycles. The SMILES string of the molecule is CC(C)C[C@H](N)C(=O)N[C@@H](CO)C(=O)N[C@@H](CCC(N)=O)C(=O)N[C@@H](CCCCN)C(=O)N[C@@H](Cc1ccccc1)C(=O)N1CCC[C@H]1C(=O)N[C@@H](CCCCN)C(=O)O. The molecule has 1 aromatic carbocycles. The van der Waals surface area contributed by atoms with Gasteiger partial charge in [-0.1, -0.05) is 44.2 Å². The summed E-state index contributed by atoms with van der Waals surface area (Å²) in [4.78, 5) is 107. The second-order valence-corrected chi connectivity index (χ2v) is 15.5. The molecular weight excluding hydrogens is 780 g/mol. The summed E-state index contributed by atoms with van der Waals surface area (Å²) in [7, 11) is 0. The number of likely N-dealkylation sites (tertiary alicyclic amines) is 1. The molecule has 1 saturated heterocycles. The summed E-state index contributed by atoms with van der Waals surface area (Å²) >= 11 is 0. The third-order valence-corrected chi connectivity index (χ3v) is 10.1. The van der Waals surface area contributed by atoms with Crippen LogP contribution in [0.4, 0.5) is 0 Å². The van der Waals surface area contributed by atoms with Crippen LogP contribution in [-0.2, 0) is 44.8 Å². The predicted molar refractivity (Wildman–Crippen MR) is 221 cm³/mol. The first-order valence-electron chi connectivity index (χ1n) is 20.7. The number of hydrogen-bond donors (Lipinski definition) is 11. The number of hydrogen-bond acceptors (Lipinski definition) is 12. The summed E-state index contributed by atoms with van der Waals surface area (Å²) in [5, 5.41) is 32.4. The number of aliphatic carboxylic acids is 1. The molecule has 1 aromatic rings. The molecule has 1 fully saturated rings. The molecule has 7 atom stereocenters. The summed E-state index contributed by atoms with van der Waals surface area (Å²) in [5.74, 6) is -6.48. The van der Waals surface area contributed by atoms with Crippen molar-refractivity contribution in [2.24, 2.45) is 28.9 Å². The fourth-order valence-electron chi connectivity index (χ4n) is 6.79. The number of aliphatic hydroxyl groups excluding tert-OH is 1. The van der Waals surface area contributed by atoms with Crippen molar-refractivity contribution in [3.63, 3.8) is 0 Å². The molecule has 2 rings (SSSR count). The molecule has 0 saturated carbocycles. The zero-order chi connectivity index (χ0) is 44.8. The molecular formula is C40H66N10O10. The van der Waals surface area contributed by atoms with Gasteiger partial charge >= 0.3 is 5.97 Å². The summed E-state index contributed by atoms with van der Waals surface area (Å²) in [6.07, 6.45) is 2.46. The van der Waals surface area contributed by atoms with E-state index in [-0.39, 0.29) is 57.5 Å². The maximum atomic E-state index is 14.3. The molecule has 0 radical (unpaired) electrons. The number of aliphatic hydroxyl groups is 1. The van der Waals surface area contributed by atoms with E-state index in [4.69, 9.17) is 22.9 Å². The van der Waals surface area contributed by atoms with E-state index < -0.39 is 96.2 Å². The van der Waals surface area contributed by atoms with Crippen molar-refractivity contribution in [3.8, 4) is 0 Å². The van der Waals surface area contributed by atoms with Crippen molar-refractivity contribution >= 4 is 47.3 Å². The van der Waals surface area contributed by atoms with E-state index in [2.05, 4.69) is 26.6 Å². The Morgan fingerprint density at radius 2 is 1.27 bits per heavy atom. The average molecular weight is 847 g/mol. The lowest BCUT2D eigenvalue weighted by Gasteiger charge is -2.31. The van der Waals surface area contributed by atoms with Gasteiger partial charge in [0.15, 0.2) is 0 Å². The maximum Gasteiger partial charge on any atom is 0.326 e. The lowest BCUT2D eigenvalue weighted by Crippen LogP contribution is -2.60. The summed E-state index contributed by atoms with van der Waals surface area (Å²) in [6, 6.07) is 0.164. The fourth-order valence-corrected chi connectivity index (χ4v) is 6.79. The van der Waals surface area contributed by atoms with Crippen LogP contribution >= 0.6 is 0 Å². The number of nitrogens with two attached hydrogens (primary N) is 4. The molecule has 1 aliphatic rings. The Morgan fingerprint density at radius 3 is 1.80 bits per heavy atom. The van der Waals surface area contributed by atoms with Crippen LogP contribution in [0.3, 0.4) is 0 Å². The van der Waals surface area contributed by atoms with Crippen molar-refractivity contribution < 1.29 is 48.6 Å². The Labute approximate surface area is 351 Å². The summed E-state index contributed by atoms with van der Waals surface area (Å²) in [6.45, 7) is 3.68. The van der Waals surface area contributed by atoms with Crippen molar-refractivity contribution in [1.29, 1.82) is 0 Å². The minimum absolute atomic E-state index is 0.00292. The van der Waals surface area contributed by atoms with Crippen LogP contribution in [0.2, 0.25) is 0 Å². The quantitative estimate of drug-likeness (QED) is 0.0393. The zero-order valence-corrected chi connectivity index (χ0v) is 34.7. The summed E-state index contributed by atoms with van der Waals surface area (Å²) in [5.41, 5.74) is 23.2. The lowest BCUT2D eigenvalue weighted by atomic mass is 10.0. The molecule has 1 aliphatic heterocycles. The second-order valence-electron chi connectivity index (χ2n) is 15.5. The van der Waals surface area contributed by atoms with Crippen LogP contribution in [0.25, 0.3) is 0 Å². The van der Waals surface area contributed by atoms with E-state index in [9.17, 15) is 48.6 Å². The molecule has 60 heavy (non-hydrogen) atoms. The van der Waals surface area contributed by atoms with Crippen molar-refractivity contribution in [1.82, 2.24) is 31.5 Å². The number of primary amides is 1. The number of carbonyl (C=O) groups is 8. The number of benzene rings is 1. The summed E-state index contributed by atoms with van der Waals surface area (Å²) < 4.78 is 0. The first-order chi connectivity index (χ1) is 28.5. The van der Waals surface area contributed by atoms with Gasteiger partial charge in [0.05, 0.1) is 12.6 Å². The molecule has 15 N–H and O–H groups in total. The first-order valence-corrected chi connectivity index (χ1v) is 20.7. The number of amides is 7. The molecule has 1 heterocycles. The van der Waals surface area contributed by atoms with Crippen LogP contribution < -0.4 is 49.5 Å². The van der Waals surface area contributed by atoms with Gasteiger partial charge in [-0.15, -0.1) is 0 Å². The zero-order valence-electron chi connectivity index (χ0n) is 34.7. The van der Waals surface area contributed by atoms with E-state index in [1.54, 1.807) is 30.3 Å². The number of carboxylic acids is 1. The van der Waals surface area contributed by atoms with Gasteiger partial charge in [0.2, 0.25) is 41.4 Å². The Hall–Kier alpha value is -5.18. The molecule has 0 bridgehead atoms. The number of unbranched alkanes of at least 4 members (excludes halogenated alkanes) is 2. The molecule has 336 valence electrons. The average Bonchev–Trinajstić information content (AvgIpc) is 3.70. The molecule has 0 aliphatic carbocycles. The second kappa shape index (κ2) is 26.8. The van der Waals surface area contributed by atoms with E-state index in [0.29, 0.717) is 50.6 Å². The lowest BCUT2D eigenvalue weighted by molar-refractivity contribution is -0.145. The number of rotatable bonds is 28. The molecule has 7 amide bonds.